The molecule has 1 aromatic carbocycles. The Morgan fingerprint density at radius 2 is 1.95 bits per heavy atom. The van der Waals surface area contributed by atoms with E-state index in [0.29, 0.717) is 19.6 Å². The van der Waals surface area contributed by atoms with Gasteiger partial charge in [0.1, 0.15) is 0 Å². The Kier molecular flexibility index (Phi) is 4.19. The zero-order chi connectivity index (χ0) is 13.9. The molecule has 0 radical (unpaired) electrons. The highest BCUT2D eigenvalue weighted by atomic mass is 16.7. The number of hydrogen-bond acceptors (Lipinski definition) is 4. The average molecular weight is 264 g/mol. The van der Waals surface area contributed by atoms with Gasteiger partial charge in [0, 0.05) is 11.3 Å². The molecule has 1 aliphatic rings. The molecule has 0 bridgehead atoms. The summed E-state index contributed by atoms with van der Waals surface area (Å²) in [5, 5.41) is 2.81. The summed E-state index contributed by atoms with van der Waals surface area (Å²) in [5.74, 6) is -0.184. The van der Waals surface area contributed by atoms with Crippen LogP contribution in [0.5, 0.6) is 0 Å². The Hall–Kier alpha value is -1.43. The number of anilines is 1. The largest absolute Gasteiger partial charge is 0.346 e. The van der Waals surface area contributed by atoms with Gasteiger partial charge in [0.15, 0.2) is 6.29 Å². The van der Waals surface area contributed by atoms with E-state index in [1.807, 2.05) is 31.2 Å². The van der Waals surface area contributed by atoms with Gasteiger partial charge in [0.25, 0.3) is 0 Å². The van der Waals surface area contributed by atoms with E-state index < -0.39 is 5.54 Å². The second-order valence-electron chi connectivity index (χ2n) is 4.92. The summed E-state index contributed by atoms with van der Waals surface area (Å²) in [7, 11) is 0. The van der Waals surface area contributed by atoms with Gasteiger partial charge in [0.05, 0.1) is 18.8 Å². The Balaban J connectivity index is 2.00. The highest BCUT2D eigenvalue weighted by molar-refractivity contribution is 5.97. The molecule has 2 rings (SSSR count). The molecule has 1 fully saturated rings. The fraction of sp³-hybridized carbons (Fsp3) is 0.500. The normalized spacial score (nSPS) is 19.1. The monoisotopic (exact) mass is 264 g/mol. The number of ether oxygens (including phenoxy) is 2. The van der Waals surface area contributed by atoms with E-state index in [0.717, 1.165) is 11.3 Å². The van der Waals surface area contributed by atoms with Gasteiger partial charge < -0.3 is 20.5 Å². The summed E-state index contributed by atoms with van der Waals surface area (Å²) in [6.45, 7) is 4.84. The molecule has 1 atom stereocenters. The molecule has 104 valence electrons. The van der Waals surface area contributed by atoms with E-state index in [-0.39, 0.29) is 12.2 Å². The van der Waals surface area contributed by atoms with Gasteiger partial charge in [-0.25, -0.2) is 0 Å². The number of nitrogens with one attached hydrogen (secondary N) is 1. The minimum absolute atomic E-state index is 0.184. The molecule has 1 unspecified atom stereocenters. The Labute approximate surface area is 113 Å². The number of carbonyl (C=O) groups is 1. The van der Waals surface area contributed by atoms with Crippen LogP contribution in [0, 0.1) is 0 Å². The smallest absolute Gasteiger partial charge is 0.244 e. The van der Waals surface area contributed by atoms with Crippen molar-refractivity contribution < 1.29 is 14.3 Å². The van der Waals surface area contributed by atoms with Crippen LogP contribution < -0.4 is 11.1 Å². The first-order valence-corrected chi connectivity index (χ1v) is 6.46. The summed E-state index contributed by atoms with van der Waals surface area (Å²) >= 11 is 0. The molecule has 0 spiro atoms. The van der Waals surface area contributed by atoms with E-state index in [1.165, 1.54) is 0 Å². The lowest BCUT2D eigenvalue weighted by atomic mass is 9.99. The van der Waals surface area contributed by atoms with E-state index in [1.54, 1.807) is 6.92 Å². The van der Waals surface area contributed by atoms with Gasteiger partial charge in [-0.15, -0.1) is 0 Å². The molecular weight excluding hydrogens is 244 g/mol. The minimum atomic E-state index is -0.851. The van der Waals surface area contributed by atoms with Crippen LogP contribution in [0.2, 0.25) is 0 Å². The van der Waals surface area contributed by atoms with Crippen molar-refractivity contribution in [1.82, 2.24) is 0 Å². The SMILES string of the molecule is CCC(C)(N)C(=O)Nc1ccc(C2OCCO2)cc1. The van der Waals surface area contributed by atoms with Crippen LogP contribution in [0.25, 0.3) is 0 Å². The molecule has 3 N–H and O–H groups in total. The Morgan fingerprint density at radius 3 is 2.47 bits per heavy atom. The van der Waals surface area contributed by atoms with Crippen molar-refractivity contribution in [2.24, 2.45) is 5.73 Å². The average Bonchev–Trinajstić information content (AvgIpc) is 2.93. The highest BCUT2D eigenvalue weighted by Gasteiger charge is 2.26. The second kappa shape index (κ2) is 5.69. The van der Waals surface area contributed by atoms with Crippen LogP contribution in [0.3, 0.4) is 0 Å². The van der Waals surface area contributed by atoms with Crippen LogP contribution in [0.1, 0.15) is 32.1 Å². The molecule has 1 aromatic rings. The topological polar surface area (TPSA) is 73.6 Å². The first-order valence-electron chi connectivity index (χ1n) is 6.46. The molecule has 1 aliphatic heterocycles. The molecular formula is C14H20N2O3. The summed E-state index contributed by atoms with van der Waals surface area (Å²) in [4.78, 5) is 11.9. The molecule has 5 heteroatoms. The summed E-state index contributed by atoms with van der Waals surface area (Å²) in [5.41, 5.74) is 6.70. The van der Waals surface area contributed by atoms with Crippen molar-refractivity contribution in [2.75, 3.05) is 18.5 Å². The fourth-order valence-electron chi connectivity index (χ4n) is 1.71. The highest BCUT2D eigenvalue weighted by Crippen LogP contribution is 2.24. The van der Waals surface area contributed by atoms with Crippen LogP contribution in [-0.2, 0) is 14.3 Å². The number of rotatable bonds is 4. The molecule has 1 amide bonds. The third-order valence-corrected chi connectivity index (χ3v) is 3.32. The molecule has 1 heterocycles. The van der Waals surface area contributed by atoms with Crippen LogP contribution in [-0.4, -0.2) is 24.7 Å². The summed E-state index contributed by atoms with van der Waals surface area (Å²) < 4.78 is 10.8. The first kappa shape index (κ1) is 14.0. The maximum absolute atomic E-state index is 11.9. The second-order valence-corrected chi connectivity index (χ2v) is 4.92. The predicted octanol–water partition coefficient (Wildman–Crippen LogP) is 1.80. The van der Waals surface area contributed by atoms with Gasteiger partial charge in [-0.05, 0) is 25.5 Å². The van der Waals surface area contributed by atoms with Gasteiger partial charge in [-0.2, -0.15) is 0 Å². The number of hydrogen-bond donors (Lipinski definition) is 2. The van der Waals surface area contributed by atoms with Crippen molar-refractivity contribution in [2.45, 2.75) is 32.1 Å². The summed E-state index contributed by atoms with van der Waals surface area (Å²) in [6.07, 6.45) is 0.292. The third-order valence-electron chi connectivity index (χ3n) is 3.32. The van der Waals surface area contributed by atoms with Crippen LogP contribution in [0.4, 0.5) is 5.69 Å². The number of benzene rings is 1. The molecule has 0 aliphatic carbocycles. The standard InChI is InChI=1S/C14H20N2O3/c1-3-14(2,15)13(17)16-11-6-4-10(5-7-11)12-18-8-9-19-12/h4-7,12H,3,8-9,15H2,1-2H3,(H,16,17). The molecule has 5 nitrogen and oxygen atoms in total. The van der Waals surface area contributed by atoms with Crippen molar-refractivity contribution in [1.29, 1.82) is 0 Å². The van der Waals surface area contributed by atoms with Crippen LogP contribution >= 0.6 is 0 Å². The van der Waals surface area contributed by atoms with Gasteiger partial charge >= 0.3 is 0 Å². The zero-order valence-electron chi connectivity index (χ0n) is 11.3. The fourth-order valence-corrected chi connectivity index (χ4v) is 1.71. The number of carbonyl (C=O) groups excluding carboxylic acids is 1. The van der Waals surface area contributed by atoms with Gasteiger partial charge in [-0.3, -0.25) is 4.79 Å². The minimum Gasteiger partial charge on any atom is -0.346 e. The van der Waals surface area contributed by atoms with E-state index >= 15 is 0 Å². The maximum Gasteiger partial charge on any atom is 0.244 e. The molecule has 0 aromatic heterocycles. The lowest BCUT2D eigenvalue weighted by Gasteiger charge is -2.21. The lowest BCUT2D eigenvalue weighted by Crippen LogP contribution is -2.47. The zero-order valence-corrected chi connectivity index (χ0v) is 11.3. The molecule has 1 saturated heterocycles. The quantitative estimate of drug-likeness (QED) is 0.869. The number of amides is 1. The predicted molar refractivity (Wildman–Crippen MR) is 72.6 cm³/mol. The van der Waals surface area contributed by atoms with Gasteiger partial charge in [-0.1, -0.05) is 19.1 Å². The van der Waals surface area contributed by atoms with Crippen molar-refractivity contribution in [3.63, 3.8) is 0 Å². The molecule has 0 saturated carbocycles. The Bertz CT molecular complexity index is 437. The van der Waals surface area contributed by atoms with Gasteiger partial charge in [0.2, 0.25) is 5.91 Å². The van der Waals surface area contributed by atoms with Crippen molar-refractivity contribution in [3.05, 3.63) is 29.8 Å². The van der Waals surface area contributed by atoms with E-state index in [4.69, 9.17) is 15.2 Å². The Morgan fingerprint density at radius 1 is 1.37 bits per heavy atom. The third kappa shape index (κ3) is 3.32. The van der Waals surface area contributed by atoms with Crippen molar-refractivity contribution >= 4 is 11.6 Å². The number of nitrogens with two attached hydrogens (primary N) is 1. The lowest BCUT2D eigenvalue weighted by molar-refractivity contribution is -0.120. The van der Waals surface area contributed by atoms with Crippen molar-refractivity contribution in [3.8, 4) is 0 Å². The summed E-state index contributed by atoms with van der Waals surface area (Å²) in [6, 6.07) is 7.41. The van der Waals surface area contributed by atoms with E-state index in [9.17, 15) is 4.79 Å². The van der Waals surface area contributed by atoms with Crippen LogP contribution in [0.15, 0.2) is 24.3 Å². The van der Waals surface area contributed by atoms with E-state index in [2.05, 4.69) is 5.32 Å². The molecule has 19 heavy (non-hydrogen) atoms. The maximum atomic E-state index is 11.9. The first-order chi connectivity index (χ1) is 9.03.